The van der Waals surface area contributed by atoms with Gasteiger partial charge in [-0.25, -0.2) is 0 Å². The Morgan fingerprint density at radius 2 is 2.07 bits per heavy atom. The number of piperidine rings is 1. The highest BCUT2D eigenvalue weighted by Gasteiger charge is 2.28. The Labute approximate surface area is 168 Å². The van der Waals surface area contributed by atoms with Crippen LogP contribution in [-0.2, 0) is 4.79 Å². The van der Waals surface area contributed by atoms with Crippen LogP contribution in [0.25, 0.3) is 0 Å². The number of benzene rings is 1. The monoisotopic (exact) mass is 421 g/mol. The van der Waals surface area contributed by atoms with E-state index in [1.165, 1.54) is 25.3 Å². The summed E-state index contributed by atoms with van der Waals surface area (Å²) in [6.07, 6.45) is 2.78. The predicted octanol–water partition coefficient (Wildman–Crippen LogP) is 2.18. The van der Waals surface area contributed by atoms with E-state index >= 15 is 0 Å². The lowest BCUT2D eigenvalue weighted by Gasteiger charge is -2.36. The summed E-state index contributed by atoms with van der Waals surface area (Å²) in [6, 6.07) is 4.03. The fraction of sp³-hybridized carbons (Fsp3) is 0.556. The number of ether oxygens (including phenoxy) is 2. The molecule has 1 atom stereocenters. The maximum Gasteiger partial charge on any atom is 0.387 e. The van der Waals surface area contributed by atoms with Crippen molar-refractivity contribution in [3.63, 3.8) is 0 Å². The number of hydrogen-bond donors (Lipinski definition) is 2. The Kier molecular flexibility index (Phi) is 9.95. The Morgan fingerprint density at radius 1 is 1.32 bits per heavy atom. The Bertz CT molecular complexity index is 664. The second kappa shape index (κ2) is 11.7. The van der Waals surface area contributed by atoms with Crippen molar-refractivity contribution in [3.05, 3.63) is 23.8 Å². The number of rotatable bonds is 8. The van der Waals surface area contributed by atoms with Crippen LogP contribution in [0.3, 0.4) is 0 Å². The number of carbonyl (C=O) groups excluding carboxylic acids is 2. The number of alkyl halides is 2. The molecule has 2 amide bonds. The third-order valence-corrected chi connectivity index (χ3v) is 4.42. The van der Waals surface area contributed by atoms with Gasteiger partial charge >= 0.3 is 6.61 Å². The largest absolute Gasteiger partial charge is 0.493 e. The molecule has 0 radical (unpaired) electrons. The molecule has 0 bridgehead atoms. The van der Waals surface area contributed by atoms with Gasteiger partial charge in [-0.1, -0.05) is 0 Å². The standard InChI is InChI=1S/C18H25F2N3O4.ClH/c1-26-14-6-5-12(10-15(14)27-18(19)20)17(25)23-9-3-2-4-13(23)11-22-16(24)7-8-21;/h5-6,10,13,18H,2-4,7-9,11,21H2,1H3,(H,22,24);1H. The zero-order valence-electron chi connectivity index (χ0n) is 15.7. The summed E-state index contributed by atoms with van der Waals surface area (Å²) < 4.78 is 34.6. The molecule has 2 rings (SSSR count). The summed E-state index contributed by atoms with van der Waals surface area (Å²) in [5.41, 5.74) is 5.59. The van der Waals surface area contributed by atoms with Crippen molar-refractivity contribution in [2.75, 3.05) is 26.7 Å². The average molecular weight is 422 g/mol. The molecule has 0 saturated carbocycles. The van der Waals surface area contributed by atoms with Crippen molar-refractivity contribution in [1.29, 1.82) is 0 Å². The topological polar surface area (TPSA) is 93.9 Å². The van der Waals surface area contributed by atoms with Gasteiger partial charge in [0.2, 0.25) is 5.91 Å². The number of likely N-dealkylation sites (tertiary alicyclic amines) is 1. The lowest BCUT2D eigenvalue weighted by atomic mass is 10.0. The molecule has 10 heteroatoms. The van der Waals surface area contributed by atoms with Gasteiger partial charge in [0, 0.05) is 37.7 Å². The summed E-state index contributed by atoms with van der Waals surface area (Å²) >= 11 is 0. The lowest BCUT2D eigenvalue weighted by Crippen LogP contribution is -2.49. The van der Waals surface area contributed by atoms with Crippen molar-refractivity contribution in [2.24, 2.45) is 5.73 Å². The highest BCUT2D eigenvalue weighted by molar-refractivity contribution is 5.95. The molecule has 1 aromatic rings. The average Bonchev–Trinajstić information content (AvgIpc) is 2.66. The van der Waals surface area contributed by atoms with Crippen LogP contribution in [0.15, 0.2) is 18.2 Å². The number of halogens is 3. The minimum Gasteiger partial charge on any atom is -0.493 e. The minimum atomic E-state index is -3.02. The minimum absolute atomic E-state index is 0. The molecule has 158 valence electrons. The first-order valence-corrected chi connectivity index (χ1v) is 8.86. The van der Waals surface area contributed by atoms with Gasteiger partial charge in [0.1, 0.15) is 0 Å². The molecule has 1 heterocycles. The number of amides is 2. The Balaban J connectivity index is 0.00000392. The molecule has 28 heavy (non-hydrogen) atoms. The first-order chi connectivity index (χ1) is 13.0. The summed E-state index contributed by atoms with van der Waals surface area (Å²) in [7, 11) is 1.33. The second-order valence-electron chi connectivity index (χ2n) is 6.24. The van der Waals surface area contributed by atoms with Gasteiger partial charge in [-0.3, -0.25) is 9.59 Å². The van der Waals surface area contributed by atoms with Crippen molar-refractivity contribution in [3.8, 4) is 11.5 Å². The fourth-order valence-electron chi connectivity index (χ4n) is 3.09. The van der Waals surface area contributed by atoms with E-state index < -0.39 is 6.61 Å². The van der Waals surface area contributed by atoms with E-state index in [9.17, 15) is 18.4 Å². The van der Waals surface area contributed by atoms with Crippen LogP contribution in [0.2, 0.25) is 0 Å². The van der Waals surface area contributed by atoms with Gasteiger partial charge in [0.05, 0.1) is 7.11 Å². The quantitative estimate of drug-likeness (QED) is 0.671. The Morgan fingerprint density at radius 3 is 2.71 bits per heavy atom. The van der Waals surface area contributed by atoms with Crippen LogP contribution in [0.1, 0.15) is 36.0 Å². The number of nitrogens with one attached hydrogen (secondary N) is 1. The fourth-order valence-corrected chi connectivity index (χ4v) is 3.09. The molecule has 1 fully saturated rings. The lowest BCUT2D eigenvalue weighted by molar-refractivity contribution is -0.121. The van der Waals surface area contributed by atoms with Gasteiger partial charge in [0.25, 0.3) is 5.91 Å². The molecule has 0 spiro atoms. The van der Waals surface area contributed by atoms with Crippen LogP contribution in [0.4, 0.5) is 8.78 Å². The van der Waals surface area contributed by atoms with Crippen LogP contribution >= 0.6 is 12.4 Å². The first kappa shape index (κ1) is 23.9. The molecule has 3 N–H and O–H groups in total. The molecule has 0 aliphatic carbocycles. The first-order valence-electron chi connectivity index (χ1n) is 8.86. The maximum atomic E-state index is 12.9. The third kappa shape index (κ3) is 6.49. The molecule has 1 unspecified atom stereocenters. The number of nitrogens with zero attached hydrogens (tertiary/aromatic N) is 1. The van der Waals surface area contributed by atoms with Gasteiger partial charge in [-0.2, -0.15) is 8.78 Å². The molecule has 0 aromatic heterocycles. The third-order valence-electron chi connectivity index (χ3n) is 4.42. The van der Waals surface area contributed by atoms with Crippen LogP contribution in [0.5, 0.6) is 11.5 Å². The summed E-state index contributed by atoms with van der Waals surface area (Å²) in [6.45, 7) is -1.89. The van der Waals surface area contributed by atoms with E-state index in [-0.39, 0.29) is 60.3 Å². The van der Waals surface area contributed by atoms with Gasteiger partial charge < -0.3 is 25.4 Å². The highest BCUT2D eigenvalue weighted by atomic mass is 35.5. The van der Waals surface area contributed by atoms with Crippen molar-refractivity contribution < 1.29 is 27.8 Å². The number of hydrogen-bond acceptors (Lipinski definition) is 5. The normalized spacial score (nSPS) is 16.3. The van der Waals surface area contributed by atoms with Crippen LogP contribution in [-0.4, -0.2) is 56.1 Å². The summed E-state index contributed by atoms with van der Waals surface area (Å²) in [4.78, 5) is 26.2. The predicted molar refractivity (Wildman–Crippen MR) is 102 cm³/mol. The zero-order valence-corrected chi connectivity index (χ0v) is 16.5. The number of nitrogens with two attached hydrogens (primary N) is 1. The van der Waals surface area contributed by atoms with Crippen molar-refractivity contribution in [1.82, 2.24) is 10.2 Å². The van der Waals surface area contributed by atoms with E-state index in [1.807, 2.05) is 0 Å². The van der Waals surface area contributed by atoms with Crippen molar-refractivity contribution in [2.45, 2.75) is 38.3 Å². The van der Waals surface area contributed by atoms with Gasteiger partial charge in [0.15, 0.2) is 11.5 Å². The van der Waals surface area contributed by atoms with E-state index in [0.29, 0.717) is 13.1 Å². The van der Waals surface area contributed by atoms with Crippen LogP contribution in [0, 0.1) is 0 Å². The van der Waals surface area contributed by atoms with E-state index in [2.05, 4.69) is 10.1 Å². The van der Waals surface area contributed by atoms with Gasteiger partial charge in [-0.05, 0) is 37.5 Å². The smallest absolute Gasteiger partial charge is 0.387 e. The van der Waals surface area contributed by atoms with Gasteiger partial charge in [-0.15, -0.1) is 12.4 Å². The molecule has 7 nitrogen and oxygen atoms in total. The SMILES string of the molecule is COc1ccc(C(=O)N2CCCCC2CNC(=O)CCN)cc1OC(F)F.Cl. The van der Waals surface area contributed by atoms with Crippen molar-refractivity contribution >= 4 is 24.2 Å². The zero-order chi connectivity index (χ0) is 19.8. The molecular formula is C18H26ClF2N3O4. The van der Waals surface area contributed by atoms with E-state index in [4.69, 9.17) is 10.5 Å². The number of carbonyl (C=O) groups is 2. The summed E-state index contributed by atoms with van der Waals surface area (Å²) in [5, 5.41) is 2.79. The van der Waals surface area contributed by atoms with E-state index in [0.717, 1.165) is 19.3 Å². The molecule has 1 aromatic carbocycles. The molecule has 1 saturated heterocycles. The molecule has 1 aliphatic rings. The summed E-state index contributed by atoms with van der Waals surface area (Å²) in [5.74, 6) is -0.527. The molecular weight excluding hydrogens is 396 g/mol. The van der Waals surface area contributed by atoms with E-state index in [1.54, 1.807) is 4.90 Å². The maximum absolute atomic E-state index is 12.9. The number of methoxy groups -OCH3 is 1. The van der Waals surface area contributed by atoms with Crippen LogP contribution < -0.4 is 20.5 Å². The Hall–Kier alpha value is -2.13. The highest BCUT2D eigenvalue weighted by Crippen LogP contribution is 2.30. The molecule has 1 aliphatic heterocycles. The second-order valence-corrected chi connectivity index (χ2v) is 6.24.